The van der Waals surface area contributed by atoms with Gasteiger partial charge in [-0.3, -0.25) is 4.98 Å². The van der Waals surface area contributed by atoms with Crippen molar-refractivity contribution in [2.24, 2.45) is 5.73 Å². The van der Waals surface area contributed by atoms with Crippen molar-refractivity contribution in [3.05, 3.63) is 54.0 Å². The molecule has 1 aliphatic heterocycles. The number of fused-ring (bicyclic) bond motifs is 1. The second-order valence-electron chi connectivity index (χ2n) is 6.56. The highest BCUT2D eigenvalue weighted by Crippen LogP contribution is 2.31. The minimum absolute atomic E-state index is 0.00742. The average molecular weight is 381 g/mol. The lowest BCUT2D eigenvalue weighted by Gasteiger charge is -2.23. The van der Waals surface area contributed by atoms with Crippen LogP contribution in [0.4, 0.5) is 0 Å². The number of hydrogen-bond donors (Lipinski definition) is 1. The Bertz CT molecular complexity index is 917. The van der Waals surface area contributed by atoms with Crippen molar-refractivity contribution in [3.63, 3.8) is 0 Å². The molecule has 0 amide bonds. The first kappa shape index (κ1) is 18.2. The average Bonchev–Trinajstić information content (AvgIpc) is 3.10. The summed E-state index contributed by atoms with van der Waals surface area (Å²) in [7, 11) is 0. The Morgan fingerprint density at radius 1 is 1.22 bits per heavy atom. The molecule has 6 heteroatoms. The number of hydrogen-bond acceptors (Lipinski definition) is 5. The molecule has 0 saturated carbocycles. The SMILES string of the molecule is NCCSc1ccc2c(/C=C/c3ccccn3)nn(C3CCCCO3)c2c1. The van der Waals surface area contributed by atoms with Crippen LogP contribution in [0.15, 0.2) is 47.5 Å². The molecule has 4 rings (SSSR count). The zero-order valence-electron chi connectivity index (χ0n) is 15.3. The van der Waals surface area contributed by atoms with Crippen molar-refractivity contribution in [1.29, 1.82) is 0 Å². The predicted molar refractivity (Wildman–Crippen MR) is 112 cm³/mol. The van der Waals surface area contributed by atoms with Gasteiger partial charge in [0, 0.05) is 35.4 Å². The van der Waals surface area contributed by atoms with Gasteiger partial charge in [-0.25, -0.2) is 4.68 Å². The van der Waals surface area contributed by atoms with E-state index in [4.69, 9.17) is 15.6 Å². The largest absolute Gasteiger partial charge is 0.356 e. The first-order valence-corrected chi connectivity index (χ1v) is 10.4. The van der Waals surface area contributed by atoms with Gasteiger partial charge in [-0.1, -0.05) is 6.07 Å². The Morgan fingerprint density at radius 2 is 2.19 bits per heavy atom. The maximum Gasteiger partial charge on any atom is 0.150 e. The molecule has 1 saturated heterocycles. The van der Waals surface area contributed by atoms with Crippen LogP contribution in [-0.2, 0) is 4.74 Å². The Morgan fingerprint density at radius 3 is 2.96 bits per heavy atom. The van der Waals surface area contributed by atoms with E-state index >= 15 is 0 Å². The summed E-state index contributed by atoms with van der Waals surface area (Å²) >= 11 is 1.78. The molecule has 1 unspecified atom stereocenters. The minimum atomic E-state index is 0.00742. The predicted octanol–water partition coefficient (Wildman–Crippen LogP) is 4.35. The summed E-state index contributed by atoms with van der Waals surface area (Å²) in [6.45, 7) is 1.47. The maximum absolute atomic E-state index is 6.01. The first-order valence-electron chi connectivity index (χ1n) is 9.41. The van der Waals surface area contributed by atoms with E-state index in [1.165, 1.54) is 11.3 Å². The highest BCUT2D eigenvalue weighted by atomic mass is 32.2. The minimum Gasteiger partial charge on any atom is -0.356 e. The molecule has 1 fully saturated rings. The van der Waals surface area contributed by atoms with Crippen LogP contribution in [-0.4, -0.2) is 33.7 Å². The van der Waals surface area contributed by atoms with Gasteiger partial charge in [-0.15, -0.1) is 11.8 Å². The third-order valence-electron chi connectivity index (χ3n) is 4.62. The molecule has 2 aromatic heterocycles. The van der Waals surface area contributed by atoms with Gasteiger partial charge >= 0.3 is 0 Å². The number of benzene rings is 1. The Hall–Kier alpha value is -2.15. The van der Waals surface area contributed by atoms with Crippen molar-refractivity contribution in [2.75, 3.05) is 18.9 Å². The first-order chi connectivity index (χ1) is 13.3. The molecule has 1 atom stereocenters. The van der Waals surface area contributed by atoms with Crippen molar-refractivity contribution in [1.82, 2.24) is 14.8 Å². The molecule has 0 bridgehead atoms. The van der Waals surface area contributed by atoms with E-state index < -0.39 is 0 Å². The van der Waals surface area contributed by atoms with Gasteiger partial charge in [-0.05, 0) is 61.7 Å². The Kier molecular flexibility index (Phi) is 5.87. The van der Waals surface area contributed by atoms with E-state index in [1.807, 2.05) is 30.4 Å². The lowest BCUT2D eigenvalue weighted by Crippen LogP contribution is -2.19. The fourth-order valence-electron chi connectivity index (χ4n) is 3.31. The van der Waals surface area contributed by atoms with Crippen LogP contribution in [0.5, 0.6) is 0 Å². The van der Waals surface area contributed by atoms with Gasteiger partial charge < -0.3 is 10.5 Å². The molecule has 0 spiro atoms. The fraction of sp³-hybridized carbons (Fsp3) is 0.333. The molecular weight excluding hydrogens is 356 g/mol. The smallest absolute Gasteiger partial charge is 0.150 e. The molecule has 5 nitrogen and oxygen atoms in total. The molecule has 140 valence electrons. The Balaban J connectivity index is 1.73. The zero-order valence-corrected chi connectivity index (χ0v) is 16.1. The number of pyridine rings is 1. The van der Waals surface area contributed by atoms with Crippen LogP contribution < -0.4 is 5.73 Å². The van der Waals surface area contributed by atoms with Gasteiger partial charge in [-0.2, -0.15) is 5.10 Å². The number of nitrogens with zero attached hydrogens (tertiary/aromatic N) is 3. The lowest BCUT2D eigenvalue weighted by molar-refractivity contribution is -0.0367. The number of ether oxygens (including phenoxy) is 1. The van der Waals surface area contributed by atoms with E-state index in [1.54, 1.807) is 18.0 Å². The summed E-state index contributed by atoms with van der Waals surface area (Å²) in [4.78, 5) is 5.57. The standard InChI is InChI=1S/C21H24N4OS/c22-11-14-27-17-8-9-18-19(10-7-16-5-1-3-12-23-16)24-25(20(18)15-17)21-6-2-4-13-26-21/h1,3,5,7-10,12,15,21H,2,4,6,11,13-14,22H2/b10-7+. The monoisotopic (exact) mass is 380 g/mol. The summed E-state index contributed by atoms with van der Waals surface area (Å²) in [6.07, 6.45) is 9.15. The fourth-order valence-corrected chi connectivity index (χ4v) is 4.02. The molecule has 2 N–H and O–H groups in total. The van der Waals surface area contributed by atoms with Crippen LogP contribution in [0.3, 0.4) is 0 Å². The van der Waals surface area contributed by atoms with E-state index in [0.29, 0.717) is 6.54 Å². The summed E-state index contributed by atoms with van der Waals surface area (Å²) in [5.74, 6) is 0.909. The molecule has 3 aromatic rings. The van der Waals surface area contributed by atoms with Crippen LogP contribution in [0.2, 0.25) is 0 Å². The van der Waals surface area contributed by atoms with Crippen LogP contribution >= 0.6 is 11.8 Å². The lowest BCUT2D eigenvalue weighted by atomic mass is 10.1. The summed E-state index contributed by atoms with van der Waals surface area (Å²) < 4.78 is 8.06. The molecule has 27 heavy (non-hydrogen) atoms. The number of rotatable bonds is 6. The van der Waals surface area contributed by atoms with Crippen LogP contribution in [0.1, 0.15) is 36.9 Å². The topological polar surface area (TPSA) is 66.0 Å². The highest BCUT2D eigenvalue weighted by Gasteiger charge is 2.20. The van der Waals surface area contributed by atoms with Crippen molar-refractivity contribution in [3.8, 4) is 0 Å². The molecule has 1 aliphatic rings. The van der Waals surface area contributed by atoms with E-state index in [0.717, 1.165) is 47.5 Å². The summed E-state index contributed by atoms with van der Waals surface area (Å²) in [5, 5.41) is 6.03. The van der Waals surface area contributed by atoms with Gasteiger partial charge in [0.15, 0.2) is 6.23 Å². The van der Waals surface area contributed by atoms with Gasteiger partial charge in [0.25, 0.3) is 0 Å². The van der Waals surface area contributed by atoms with E-state index in [9.17, 15) is 0 Å². The second kappa shape index (κ2) is 8.69. The van der Waals surface area contributed by atoms with Crippen molar-refractivity contribution in [2.45, 2.75) is 30.4 Å². The van der Waals surface area contributed by atoms with Gasteiger partial charge in [0.05, 0.1) is 16.9 Å². The summed E-state index contributed by atoms with van der Waals surface area (Å²) in [6, 6.07) is 12.4. The molecular formula is C21H24N4OS. The Labute approximate surface area is 163 Å². The zero-order chi connectivity index (χ0) is 18.5. The van der Waals surface area contributed by atoms with Crippen molar-refractivity contribution >= 4 is 34.8 Å². The van der Waals surface area contributed by atoms with E-state index in [2.05, 4.69) is 27.9 Å². The van der Waals surface area contributed by atoms with Gasteiger partial charge in [0.2, 0.25) is 0 Å². The number of nitrogens with two attached hydrogens (primary N) is 1. The van der Waals surface area contributed by atoms with Gasteiger partial charge in [0.1, 0.15) is 0 Å². The van der Waals surface area contributed by atoms with Crippen molar-refractivity contribution < 1.29 is 4.74 Å². The van der Waals surface area contributed by atoms with Crippen LogP contribution in [0, 0.1) is 0 Å². The molecule has 3 heterocycles. The summed E-state index contributed by atoms with van der Waals surface area (Å²) in [5.41, 5.74) is 8.64. The number of thioether (sulfide) groups is 1. The normalized spacial score (nSPS) is 17.7. The van der Waals surface area contributed by atoms with Crippen LogP contribution in [0.25, 0.3) is 23.1 Å². The number of aromatic nitrogens is 3. The maximum atomic E-state index is 6.01. The molecule has 0 aliphatic carbocycles. The third kappa shape index (κ3) is 4.24. The highest BCUT2D eigenvalue weighted by molar-refractivity contribution is 7.99. The third-order valence-corrected chi connectivity index (χ3v) is 5.65. The second-order valence-corrected chi connectivity index (χ2v) is 7.72. The quantitative estimate of drug-likeness (QED) is 0.644. The molecule has 0 radical (unpaired) electrons. The molecule has 1 aromatic carbocycles. The van der Waals surface area contributed by atoms with E-state index in [-0.39, 0.29) is 6.23 Å².